The van der Waals surface area contributed by atoms with Gasteiger partial charge in [-0.25, -0.2) is 0 Å². The number of allylic oxidation sites excluding steroid dienone is 2. The lowest BCUT2D eigenvalue weighted by Crippen LogP contribution is -1.92. The van der Waals surface area contributed by atoms with Crippen LogP contribution < -0.4 is 0 Å². The van der Waals surface area contributed by atoms with Gasteiger partial charge in [0.05, 0.1) is 0 Å². The summed E-state index contributed by atoms with van der Waals surface area (Å²) in [7, 11) is 0. The molecule has 1 heterocycles. The lowest BCUT2D eigenvalue weighted by Gasteiger charge is -2.03. The first-order valence-corrected chi connectivity index (χ1v) is 8.25. The molecule has 0 bridgehead atoms. The second-order valence-corrected chi connectivity index (χ2v) is 5.86. The average Bonchev–Trinajstić information content (AvgIpc) is 3.02. The van der Waals surface area contributed by atoms with Crippen molar-refractivity contribution in [1.82, 2.24) is 4.57 Å². The number of hydrogen-bond donors (Lipinski definition) is 0. The fraction of sp³-hybridized carbons (Fsp3) is 0.0909. The molecule has 27 heavy (non-hydrogen) atoms. The Morgan fingerprint density at radius 2 is 1.19 bits per heavy atom. The summed E-state index contributed by atoms with van der Waals surface area (Å²) in [6, 6.07) is 19.1. The van der Waals surface area contributed by atoms with E-state index in [9.17, 15) is 0 Å². The van der Waals surface area contributed by atoms with Crippen molar-refractivity contribution >= 4 is 34.0 Å². The maximum absolute atomic E-state index is 8.98. The Kier molecular flexibility index (Phi) is 4.72. The maximum Gasteiger partial charge on any atom is 0.130 e. The van der Waals surface area contributed by atoms with Gasteiger partial charge in [0.15, 0.2) is 0 Å². The normalized spacial score (nSPS) is 9.67. The smallest absolute Gasteiger partial charge is 0.130 e. The highest BCUT2D eigenvalue weighted by Gasteiger charge is 2.11. The first-order chi connectivity index (χ1) is 13.1. The van der Waals surface area contributed by atoms with Crippen LogP contribution in [0.2, 0.25) is 0 Å². The van der Waals surface area contributed by atoms with Crippen molar-refractivity contribution in [3.8, 4) is 24.3 Å². The Morgan fingerprint density at radius 3 is 1.52 bits per heavy atom. The molecular formula is C22H13N5. The number of fused-ring (bicyclic) bond motifs is 3. The third kappa shape index (κ3) is 3.14. The number of rotatable bonds is 3. The van der Waals surface area contributed by atoms with E-state index in [-0.39, 0.29) is 11.1 Å². The number of nitrogens with zero attached hydrogens (tertiary/aromatic N) is 5. The molecular weight excluding hydrogens is 334 g/mol. The van der Waals surface area contributed by atoms with Gasteiger partial charge in [-0.1, -0.05) is 12.1 Å². The van der Waals surface area contributed by atoms with Crippen LogP contribution in [-0.2, 0) is 6.54 Å². The maximum atomic E-state index is 8.98. The summed E-state index contributed by atoms with van der Waals surface area (Å²) in [6.07, 6.45) is 3.11. The summed E-state index contributed by atoms with van der Waals surface area (Å²) < 4.78 is 2.18. The Balaban J connectivity index is 2.31. The van der Waals surface area contributed by atoms with Crippen LogP contribution in [0.3, 0.4) is 0 Å². The van der Waals surface area contributed by atoms with E-state index >= 15 is 0 Å². The molecule has 0 atom stereocenters. The van der Waals surface area contributed by atoms with E-state index in [0.717, 1.165) is 39.5 Å². The minimum Gasteiger partial charge on any atom is -0.341 e. The van der Waals surface area contributed by atoms with Crippen LogP contribution in [0.25, 0.3) is 34.0 Å². The summed E-state index contributed by atoms with van der Waals surface area (Å²) in [6.45, 7) is 2.85. The van der Waals surface area contributed by atoms with E-state index in [1.807, 2.05) is 60.7 Å². The molecule has 0 N–H and O–H groups in total. The largest absolute Gasteiger partial charge is 0.341 e. The molecule has 0 saturated heterocycles. The molecule has 0 fully saturated rings. The van der Waals surface area contributed by atoms with Gasteiger partial charge in [0.1, 0.15) is 35.4 Å². The van der Waals surface area contributed by atoms with Gasteiger partial charge < -0.3 is 4.57 Å². The molecule has 0 amide bonds. The van der Waals surface area contributed by atoms with Crippen molar-refractivity contribution in [2.45, 2.75) is 13.5 Å². The quantitative estimate of drug-likeness (QED) is 0.642. The lowest BCUT2D eigenvalue weighted by atomic mass is 10.0. The monoisotopic (exact) mass is 347 g/mol. The van der Waals surface area contributed by atoms with Gasteiger partial charge in [0.2, 0.25) is 0 Å². The van der Waals surface area contributed by atoms with Crippen LogP contribution in [0.5, 0.6) is 0 Å². The van der Waals surface area contributed by atoms with Gasteiger partial charge in [0, 0.05) is 28.4 Å². The molecule has 5 heteroatoms. The predicted octanol–water partition coefficient (Wildman–Crippen LogP) is 4.68. The Labute approximate surface area is 156 Å². The van der Waals surface area contributed by atoms with Crippen LogP contribution in [0.1, 0.15) is 18.1 Å². The summed E-state index contributed by atoms with van der Waals surface area (Å²) >= 11 is 0. The number of hydrogen-bond acceptors (Lipinski definition) is 4. The number of benzene rings is 2. The molecule has 0 saturated carbocycles. The second-order valence-electron chi connectivity index (χ2n) is 5.86. The second kappa shape index (κ2) is 7.28. The topological polar surface area (TPSA) is 100 Å². The van der Waals surface area contributed by atoms with Crippen LogP contribution in [0.15, 0.2) is 47.5 Å². The molecule has 0 aliphatic rings. The zero-order valence-corrected chi connectivity index (χ0v) is 14.6. The summed E-state index contributed by atoms with van der Waals surface area (Å²) in [5, 5.41) is 37.9. The lowest BCUT2D eigenvalue weighted by molar-refractivity contribution is 0.827. The Hall–Kier alpha value is -4.32. The average molecular weight is 347 g/mol. The van der Waals surface area contributed by atoms with Crippen LogP contribution in [0.4, 0.5) is 0 Å². The predicted molar refractivity (Wildman–Crippen MR) is 104 cm³/mol. The minimum absolute atomic E-state index is 0.0462. The fourth-order valence-electron chi connectivity index (χ4n) is 3.17. The van der Waals surface area contributed by atoms with Gasteiger partial charge in [-0.05, 0) is 54.5 Å². The van der Waals surface area contributed by atoms with Crippen molar-refractivity contribution in [3.63, 3.8) is 0 Å². The van der Waals surface area contributed by atoms with Gasteiger partial charge >= 0.3 is 0 Å². The Morgan fingerprint density at radius 1 is 0.778 bits per heavy atom. The summed E-state index contributed by atoms with van der Waals surface area (Å²) in [4.78, 5) is 0. The van der Waals surface area contributed by atoms with Crippen LogP contribution in [-0.4, -0.2) is 4.57 Å². The van der Waals surface area contributed by atoms with E-state index in [2.05, 4.69) is 11.5 Å². The van der Waals surface area contributed by atoms with Crippen molar-refractivity contribution < 1.29 is 0 Å². The van der Waals surface area contributed by atoms with Crippen LogP contribution >= 0.6 is 0 Å². The highest BCUT2D eigenvalue weighted by molar-refractivity contribution is 6.09. The fourth-order valence-corrected chi connectivity index (χ4v) is 3.17. The van der Waals surface area contributed by atoms with E-state index < -0.39 is 0 Å². The zero-order valence-electron chi connectivity index (χ0n) is 14.6. The van der Waals surface area contributed by atoms with Gasteiger partial charge in [0.25, 0.3) is 0 Å². The van der Waals surface area contributed by atoms with Crippen LogP contribution in [0, 0.1) is 45.3 Å². The molecule has 1 aromatic heterocycles. The SMILES string of the molecule is CCn1c2ccc(C=C(C#N)C#N)cc2c2cc(C=C(C#N)C#N)ccc21. The molecule has 0 spiro atoms. The van der Waals surface area contributed by atoms with Crippen molar-refractivity contribution in [1.29, 1.82) is 21.0 Å². The molecule has 0 unspecified atom stereocenters. The number of aromatic nitrogens is 1. The highest BCUT2D eigenvalue weighted by atomic mass is 15.0. The van der Waals surface area contributed by atoms with E-state index in [1.54, 1.807) is 12.2 Å². The molecule has 5 nitrogen and oxygen atoms in total. The molecule has 3 rings (SSSR count). The standard InChI is InChI=1S/C22H13N5/c1-2-27-21-5-3-15(7-17(11-23)12-24)9-19(21)20-10-16(4-6-22(20)27)8-18(13-25)14-26/h3-10H,2H2,1H3. The van der Waals surface area contributed by atoms with Crippen molar-refractivity contribution in [3.05, 3.63) is 58.7 Å². The van der Waals surface area contributed by atoms with Crippen molar-refractivity contribution in [2.24, 2.45) is 0 Å². The molecule has 2 aromatic carbocycles. The van der Waals surface area contributed by atoms with E-state index in [4.69, 9.17) is 21.0 Å². The van der Waals surface area contributed by atoms with E-state index in [0.29, 0.717) is 0 Å². The summed E-state index contributed by atoms with van der Waals surface area (Å²) in [5.74, 6) is 0. The third-order valence-electron chi connectivity index (χ3n) is 4.33. The van der Waals surface area contributed by atoms with Gasteiger partial charge in [-0.15, -0.1) is 0 Å². The third-order valence-corrected chi connectivity index (χ3v) is 4.33. The number of aryl methyl sites for hydroxylation is 1. The minimum atomic E-state index is 0.0462. The summed E-state index contributed by atoms with van der Waals surface area (Å²) in [5.41, 5.74) is 3.72. The highest BCUT2D eigenvalue weighted by Crippen LogP contribution is 2.31. The molecule has 0 aliphatic carbocycles. The molecule has 126 valence electrons. The molecule has 3 aromatic rings. The van der Waals surface area contributed by atoms with E-state index in [1.165, 1.54) is 0 Å². The molecule has 0 aliphatic heterocycles. The number of nitriles is 4. The first-order valence-electron chi connectivity index (χ1n) is 8.25. The first kappa shape index (κ1) is 17.5. The van der Waals surface area contributed by atoms with Crippen molar-refractivity contribution in [2.75, 3.05) is 0 Å². The molecule has 0 radical (unpaired) electrons. The Bertz CT molecular complexity index is 1160. The zero-order chi connectivity index (χ0) is 19.4. The van der Waals surface area contributed by atoms with Gasteiger partial charge in [-0.2, -0.15) is 21.0 Å². The van der Waals surface area contributed by atoms with Gasteiger partial charge in [-0.3, -0.25) is 0 Å².